The number of likely N-dealkylation sites (N-methyl/N-ethyl adjacent to an activating group) is 1. The van der Waals surface area contributed by atoms with Crippen molar-refractivity contribution in [3.63, 3.8) is 0 Å². The smallest absolute Gasteiger partial charge is 0.0543 e. The molecule has 1 unspecified atom stereocenters. The molecule has 0 aromatic carbocycles. The van der Waals surface area contributed by atoms with E-state index >= 15 is 0 Å². The first-order chi connectivity index (χ1) is 8.77. The molecule has 3 nitrogen and oxygen atoms in total. The third-order valence-electron chi connectivity index (χ3n) is 3.42. The van der Waals surface area contributed by atoms with Gasteiger partial charge in [0.1, 0.15) is 0 Å². The van der Waals surface area contributed by atoms with E-state index in [2.05, 4.69) is 29.9 Å². The van der Waals surface area contributed by atoms with Gasteiger partial charge < -0.3 is 5.73 Å². The topological polar surface area (TPSA) is 42.1 Å². The molecule has 3 heteroatoms. The lowest BCUT2D eigenvalue weighted by Gasteiger charge is -2.26. The van der Waals surface area contributed by atoms with Gasteiger partial charge in [-0.3, -0.25) is 9.88 Å². The second-order valence-electron chi connectivity index (χ2n) is 4.98. The summed E-state index contributed by atoms with van der Waals surface area (Å²) in [7, 11) is 2.14. The molecule has 0 aliphatic rings. The number of rotatable bonds is 9. The Morgan fingerprint density at radius 1 is 1.28 bits per heavy atom. The normalized spacial score (nSPS) is 12.9. The van der Waals surface area contributed by atoms with Crippen LogP contribution in [-0.2, 0) is 6.54 Å². The Bertz CT molecular complexity index is 300. The lowest BCUT2D eigenvalue weighted by Crippen LogP contribution is -2.37. The van der Waals surface area contributed by atoms with Crippen LogP contribution in [0, 0.1) is 0 Å². The maximum absolute atomic E-state index is 5.88. The summed E-state index contributed by atoms with van der Waals surface area (Å²) in [6, 6.07) is 6.54. The molecule has 0 saturated heterocycles. The summed E-state index contributed by atoms with van der Waals surface area (Å²) in [5.74, 6) is 0. The summed E-state index contributed by atoms with van der Waals surface area (Å²) in [4.78, 5) is 6.69. The van der Waals surface area contributed by atoms with Gasteiger partial charge in [-0.2, -0.15) is 0 Å². The minimum atomic E-state index is 0.476. The number of nitrogens with zero attached hydrogens (tertiary/aromatic N) is 2. The highest BCUT2D eigenvalue weighted by atomic mass is 15.1. The molecule has 18 heavy (non-hydrogen) atoms. The first-order valence-corrected chi connectivity index (χ1v) is 7.08. The lowest BCUT2D eigenvalue weighted by atomic mass is 10.1. The van der Waals surface area contributed by atoms with E-state index in [4.69, 9.17) is 5.73 Å². The van der Waals surface area contributed by atoms with E-state index in [1.165, 1.54) is 32.1 Å². The zero-order chi connectivity index (χ0) is 13.2. The van der Waals surface area contributed by atoms with Crippen LogP contribution in [0.15, 0.2) is 24.4 Å². The number of pyridine rings is 1. The fourth-order valence-corrected chi connectivity index (χ4v) is 2.20. The third-order valence-corrected chi connectivity index (χ3v) is 3.42. The molecule has 0 spiro atoms. The maximum atomic E-state index is 5.88. The Kier molecular flexibility index (Phi) is 7.62. The predicted molar refractivity (Wildman–Crippen MR) is 77.3 cm³/mol. The second kappa shape index (κ2) is 9.06. The lowest BCUT2D eigenvalue weighted by molar-refractivity contribution is 0.220. The molecule has 0 bridgehead atoms. The zero-order valence-corrected chi connectivity index (χ0v) is 11.8. The molecule has 0 fully saturated rings. The summed E-state index contributed by atoms with van der Waals surface area (Å²) in [6.45, 7) is 3.86. The number of aromatic nitrogens is 1. The van der Waals surface area contributed by atoms with E-state index in [9.17, 15) is 0 Å². The summed E-state index contributed by atoms with van der Waals surface area (Å²) >= 11 is 0. The molecule has 1 heterocycles. The van der Waals surface area contributed by atoms with Crippen LogP contribution in [0.1, 0.15) is 44.7 Å². The molecule has 1 aromatic rings. The molecule has 0 saturated carbocycles. The van der Waals surface area contributed by atoms with Gasteiger partial charge in [0, 0.05) is 25.3 Å². The molecular weight excluding hydrogens is 222 g/mol. The van der Waals surface area contributed by atoms with Crippen LogP contribution in [0.2, 0.25) is 0 Å². The highest BCUT2D eigenvalue weighted by Gasteiger charge is 2.13. The van der Waals surface area contributed by atoms with E-state index in [-0.39, 0.29) is 0 Å². The SMILES string of the molecule is CCCCCCC(CN)N(C)Cc1ccccn1. The van der Waals surface area contributed by atoms with Gasteiger partial charge in [0.25, 0.3) is 0 Å². The van der Waals surface area contributed by atoms with Crippen molar-refractivity contribution in [1.29, 1.82) is 0 Å². The van der Waals surface area contributed by atoms with Crippen molar-refractivity contribution in [1.82, 2.24) is 9.88 Å². The van der Waals surface area contributed by atoms with Crippen LogP contribution in [0.5, 0.6) is 0 Å². The van der Waals surface area contributed by atoms with Crippen molar-refractivity contribution in [3.8, 4) is 0 Å². The van der Waals surface area contributed by atoms with Gasteiger partial charge in [0.05, 0.1) is 5.69 Å². The monoisotopic (exact) mass is 249 g/mol. The minimum Gasteiger partial charge on any atom is -0.329 e. The first kappa shape index (κ1) is 15.1. The van der Waals surface area contributed by atoms with Crippen molar-refractivity contribution in [2.75, 3.05) is 13.6 Å². The molecule has 1 aromatic heterocycles. The third kappa shape index (κ3) is 5.61. The maximum Gasteiger partial charge on any atom is 0.0543 e. The van der Waals surface area contributed by atoms with Gasteiger partial charge in [0.2, 0.25) is 0 Å². The Morgan fingerprint density at radius 3 is 2.72 bits per heavy atom. The van der Waals surface area contributed by atoms with Gasteiger partial charge in [-0.1, -0.05) is 38.7 Å². The van der Waals surface area contributed by atoms with E-state index < -0.39 is 0 Å². The molecule has 0 radical (unpaired) electrons. The van der Waals surface area contributed by atoms with Gasteiger partial charge in [-0.25, -0.2) is 0 Å². The van der Waals surface area contributed by atoms with E-state index in [1.54, 1.807) is 0 Å². The van der Waals surface area contributed by atoms with Crippen LogP contribution in [0.4, 0.5) is 0 Å². The van der Waals surface area contributed by atoms with Crippen molar-refractivity contribution in [2.45, 2.75) is 51.6 Å². The molecule has 0 amide bonds. The molecular formula is C15H27N3. The van der Waals surface area contributed by atoms with E-state index in [1.807, 2.05) is 18.3 Å². The van der Waals surface area contributed by atoms with Gasteiger partial charge in [0.15, 0.2) is 0 Å². The van der Waals surface area contributed by atoms with Gasteiger partial charge >= 0.3 is 0 Å². The average Bonchev–Trinajstić information content (AvgIpc) is 2.40. The Hall–Kier alpha value is -0.930. The molecule has 2 N–H and O–H groups in total. The molecule has 0 aliphatic heterocycles. The number of hydrogen-bond acceptors (Lipinski definition) is 3. The van der Waals surface area contributed by atoms with Crippen LogP contribution >= 0.6 is 0 Å². The standard InChI is InChI=1S/C15H27N3/c1-3-4-5-6-10-15(12-16)18(2)13-14-9-7-8-11-17-14/h7-9,11,15H,3-6,10,12-13,16H2,1-2H3. The molecule has 0 aliphatic carbocycles. The Labute approximate surface area is 111 Å². The van der Waals surface area contributed by atoms with Gasteiger partial charge in [-0.15, -0.1) is 0 Å². The van der Waals surface area contributed by atoms with E-state index in [0.717, 1.165) is 18.8 Å². The highest BCUT2D eigenvalue weighted by molar-refractivity contribution is 5.03. The van der Waals surface area contributed by atoms with Crippen LogP contribution in [0.3, 0.4) is 0 Å². The zero-order valence-electron chi connectivity index (χ0n) is 11.8. The summed E-state index contributed by atoms with van der Waals surface area (Å²) in [5.41, 5.74) is 7.00. The average molecular weight is 249 g/mol. The van der Waals surface area contributed by atoms with Crippen molar-refractivity contribution < 1.29 is 0 Å². The Balaban J connectivity index is 2.34. The van der Waals surface area contributed by atoms with E-state index in [0.29, 0.717) is 6.04 Å². The first-order valence-electron chi connectivity index (χ1n) is 7.08. The largest absolute Gasteiger partial charge is 0.329 e. The predicted octanol–water partition coefficient (Wildman–Crippen LogP) is 2.81. The summed E-state index contributed by atoms with van der Waals surface area (Å²) < 4.78 is 0. The van der Waals surface area contributed by atoms with Crippen molar-refractivity contribution in [2.24, 2.45) is 5.73 Å². The van der Waals surface area contributed by atoms with Crippen LogP contribution < -0.4 is 5.73 Å². The van der Waals surface area contributed by atoms with Crippen LogP contribution in [-0.4, -0.2) is 29.5 Å². The number of unbranched alkanes of at least 4 members (excludes halogenated alkanes) is 3. The fourth-order valence-electron chi connectivity index (χ4n) is 2.20. The Morgan fingerprint density at radius 2 is 2.11 bits per heavy atom. The minimum absolute atomic E-state index is 0.476. The summed E-state index contributed by atoms with van der Waals surface area (Å²) in [5, 5.41) is 0. The molecule has 1 rings (SSSR count). The molecule has 102 valence electrons. The molecule has 1 atom stereocenters. The van der Waals surface area contributed by atoms with Crippen molar-refractivity contribution >= 4 is 0 Å². The second-order valence-corrected chi connectivity index (χ2v) is 4.98. The summed E-state index contributed by atoms with van der Waals surface area (Å²) in [6.07, 6.45) is 8.27. The van der Waals surface area contributed by atoms with Gasteiger partial charge in [-0.05, 0) is 25.6 Å². The van der Waals surface area contributed by atoms with Crippen LogP contribution in [0.25, 0.3) is 0 Å². The number of nitrogens with two attached hydrogens (primary N) is 1. The number of hydrogen-bond donors (Lipinski definition) is 1. The fraction of sp³-hybridized carbons (Fsp3) is 0.667. The highest BCUT2D eigenvalue weighted by Crippen LogP contribution is 2.11. The van der Waals surface area contributed by atoms with Crippen molar-refractivity contribution in [3.05, 3.63) is 30.1 Å². The quantitative estimate of drug-likeness (QED) is 0.684.